The monoisotopic (exact) mass is 251 g/mol. The maximum absolute atomic E-state index is 11.4. The summed E-state index contributed by atoms with van der Waals surface area (Å²) in [5.74, 6) is 0.713. The van der Waals surface area contributed by atoms with Crippen molar-refractivity contribution in [1.29, 1.82) is 0 Å². The molecule has 1 unspecified atom stereocenters. The Kier molecular flexibility index (Phi) is 4.09. The zero-order chi connectivity index (χ0) is 13.0. The van der Waals surface area contributed by atoms with Gasteiger partial charge in [-0.05, 0) is 13.3 Å². The maximum atomic E-state index is 11.4. The second-order valence-electron chi connectivity index (χ2n) is 4.32. The first-order chi connectivity index (χ1) is 8.69. The number of nitrogens with zero attached hydrogens (tertiary/aromatic N) is 2. The van der Waals surface area contributed by atoms with Crippen LogP contribution < -0.4 is 5.32 Å². The van der Waals surface area contributed by atoms with Gasteiger partial charge in [0.2, 0.25) is 5.82 Å². The summed E-state index contributed by atoms with van der Waals surface area (Å²) in [5, 5.41) is 3.21. The van der Waals surface area contributed by atoms with Crippen LogP contribution >= 0.6 is 0 Å². The van der Waals surface area contributed by atoms with E-state index in [1.165, 1.54) is 7.11 Å². The minimum absolute atomic E-state index is 0.0858. The molecule has 1 aromatic heterocycles. The lowest BCUT2D eigenvalue weighted by molar-refractivity contribution is 0.0586. The standard InChI is InChI=1S/C12H17N3O3/c1-8-5-10(13-6-9-3-4-18-7-9)15-11(14-8)12(16)17-2/h5,9H,3-4,6-7H2,1-2H3,(H,13,14,15). The molecule has 1 aliphatic rings. The summed E-state index contributed by atoms with van der Waals surface area (Å²) in [6.07, 6.45) is 1.06. The van der Waals surface area contributed by atoms with Crippen LogP contribution in [0.4, 0.5) is 5.82 Å². The molecule has 1 aliphatic heterocycles. The first-order valence-corrected chi connectivity index (χ1v) is 5.94. The number of ether oxygens (including phenoxy) is 2. The van der Waals surface area contributed by atoms with E-state index in [1.807, 2.05) is 13.0 Å². The normalized spacial score (nSPS) is 18.7. The van der Waals surface area contributed by atoms with E-state index in [1.54, 1.807) is 0 Å². The highest BCUT2D eigenvalue weighted by Gasteiger charge is 2.16. The topological polar surface area (TPSA) is 73.3 Å². The Morgan fingerprint density at radius 3 is 3.11 bits per heavy atom. The lowest BCUT2D eigenvalue weighted by Gasteiger charge is -2.11. The third-order valence-corrected chi connectivity index (χ3v) is 2.82. The van der Waals surface area contributed by atoms with Crippen LogP contribution in [-0.4, -0.2) is 42.8 Å². The van der Waals surface area contributed by atoms with E-state index in [2.05, 4.69) is 20.0 Å². The Balaban J connectivity index is 2.02. The molecular weight excluding hydrogens is 234 g/mol. The number of nitrogens with one attached hydrogen (secondary N) is 1. The fourth-order valence-electron chi connectivity index (χ4n) is 1.83. The van der Waals surface area contributed by atoms with Crippen LogP contribution in [0.15, 0.2) is 6.07 Å². The average Bonchev–Trinajstić information content (AvgIpc) is 2.88. The van der Waals surface area contributed by atoms with Gasteiger partial charge in [0, 0.05) is 30.8 Å². The molecular formula is C12H17N3O3. The summed E-state index contributed by atoms with van der Waals surface area (Å²) >= 11 is 0. The fourth-order valence-corrected chi connectivity index (χ4v) is 1.83. The second kappa shape index (κ2) is 5.77. The summed E-state index contributed by atoms with van der Waals surface area (Å²) in [7, 11) is 1.32. The third kappa shape index (κ3) is 3.16. The quantitative estimate of drug-likeness (QED) is 0.805. The molecule has 0 spiro atoms. The number of carbonyl (C=O) groups is 1. The second-order valence-corrected chi connectivity index (χ2v) is 4.32. The fraction of sp³-hybridized carbons (Fsp3) is 0.583. The number of methoxy groups -OCH3 is 1. The van der Waals surface area contributed by atoms with E-state index in [-0.39, 0.29) is 5.82 Å². The van der Waals surface area contributed by atoms with Crippen molar-refractivity contribution in [3.05, 3.63) is 17.6 Å². The van der Waals surface area contributed by atoms with Crippen LogP contribution in [0.3, 0.4) is 0 Å². The van der Waals surface area contributed by atoms with Gasteiger partial charge in [0.05, 0.1) is 13.7 Å². The zero-order valence-electron chi connectivity index (χ0n) is 10.6. The van der Waals surface area contributed by atoms with Gasteiger partial charge in [0.1, 0.15) is 5.82 Å². The Hall–Kier alpha value is -1.69. The zero-order valence-corrected chi connectivity index (χ0v) is 10.6. The maximum Gasteiger partial charge on any atom is 0.376 e. The van der Waals surface area contributed by atoms with Crippen molar-refractivity contribution in [2.75, 3.05) is 32.2 Å². The molecule has 0 amide bonds. The van der Waals surface area contributed by atoms with Crippen molar-refractivity contribution in [2.45, 2.75) is 13.3 Å². The lowest BCUT2D eigenvalue weighted by Crippen LogP contribution is -2.17. The molecule has 1 atom stereocenters. The average molecular weight is 251 g/mol. The predicted molar refractivity (Wildman–Crippen MR) is 65.5 cm³/mol. The molecule has 2 rings (SSSR count). The Morgan fingerprint density at radius 1 is 1.61 bits per heavy atom. The van der Waals surface area contributed by atoms with Crippen LogP contribution in [0.1, 0.15) is 22.7 Å². The van der Waals surface area contributed by atoms with Gasteiger partial charge in [-0.2, -0.15) is 0 Å². The van der Waals surface area contributed by atoms with Gasteiger partial charge in [0.25, 0.3) is 0 Å². The van der Waals surface area contributed by atoms with Gasteiger partial charge in [-0.1, -0.05) is 0 Å². The van der Waals surface area contributed by atoms with Crippen molar-refractivity contribution >= 4 is 11.8 Å². The van der Waals surface area contributed by atoms with Crippen LogP contribution in [-0.2, 0) is 9.47 Å². The number of esters is 1. The van der Waals surface area contributed by atoms with Crippen LogP contribution in [0, 0.1) is 12.8 Å². The first kappa shape index (κ1) is 12.8. The Bertz CT molecular complexity index is 431. The van der Waals surface area contributed by atoms with E-state index < -0.39 is 5.97 Å². The lowest BCUT2D eigenvalue weighted by atomic mass is 10.1. The molecule has 0 saturated carbocycles. The SMILES string of the molecule is COC(=O)c1nc(C)cc(NCC2CCOC2)n1. The van der Waals surface area contributed by atoms with Crippen molar-refractivity contribution < 1.29 is 14.3 Å². The summed E-state index contributed by atoms with van der Waals surface area (Å²) < 4.78 is 9.91. The summed E-state index contributed by atoms with van der Waals surface area (Å²) in [6.45, 7) is 4.21. The molecule has 1 fully saturated rings. The van der Waals surface area contributed by atoms with Crippen LogP contribution in [0.2, 0.25) is 0 Å². The molecule has 1 N–H and O–H groups in total. The molecule has 98 valence electrons. The van der Waals surface area contributed by atoms with Gasteiger partial charge in [-0.25, -0.2) is 14.8 Å². The predicted octanol–water partition coefficient (Wildman–Crippen LogP) is 1.02. The Morgan fingerprint density at radius 2 is 2.44 bits per heavy atom. The van der Waals surface area contributed by atoms with Gasteiger partial charge in [-0.3, -0.25) is 0 Å². The smallest absolute Gasteiger partial charge is 0.376 e. The van der Waals surface area contributed by atoms with Gasteiger partial charge < -0.3 is 14.8 Å². The molecule has 0 aliphatic carbocycles. The van der Waals surface area contributed by atoms with Crippen LogP contribution in [0.25, 0.3) is 0 Å². The molecule has 6 nitrogen and oxygen atoms in total. The van der Waals surface area contributed by atoms with Gasteiger partial charge >= 0.3 is 5.97 Å². The summed E-state index contributed by atoms with van der Waals surface area (Å²) in [5.41, 5.74) is 0.732. The largest absolute Gasteiger partial charge is 0.463 e. The molecule has 0 bridgehead atoms. The van der Waals surface area contributed by atoms with Crippen molar-refractivity contribution in [1.82, 2.24) is 9.97 Å². The highest BCUT2D eigenvalue weighted by molar-refractivity contribution is 5.85. The molecule has 1 aromatic rings. The molecule has 2 heterocycles. The summed E-state index contributed by atoms with van der Waals surface area (Å²) in [4.78, 5) is 19.5. The number of anilines is 1. The molecule has 0 radical (unpaired) electrons. The van der Waals surface area contributed by atoms with Crippen molar-refractivity contribution in [3.63, 3.8) is 0 Å². The number of hydrogen-bond acceptors (Lipinski definition) is 6. The number of hydrogen-bond donors (Lipinski definition) is 1. The van der Waals surface area contributed by atoms with Crippen molar-refractivity contribution in [3.8, 4) is 0 Å². The number of rotatable bonds is 4. The molecule has 0 aromatic carbocycles. The van der Waals surface area contributed by atoms with E-state index in [9.17, 15) is 4.79 Å². The third-order valence-electron chi connectivity index (χ3n) is 2.82. The highest BCUT2D eigenvalue weighted by atomic mass is 16.5. The summed E-state index contributed by atoms with van der Waals surface area (Å²) in [6, 6.07) is 1.81. The minimum atomic E-state index is -0.522. The molecule has 18 heavy (non-hydrogen) atoms. The van der Waals surface area contributed by atoms with E-state index >= 15 is 0 Å². The first-order valence-electron chi connectivity index (χ1n) is 5.94. The van der Waals surface area contributed by atoms with Crippen molar-refractivity contribution in [2.24, 2.45) is 5.92 Å². The van der Waals surface area contributed by atoms with Gasteiger partial charge in [-0.15, -0.1) is 0 Å². The Labute approximate surface area is 106 Å². The number of aryl methyl sites for hydroxylation is 1. The number of carbonyl (C=O) groups excluding carboxylic acids is 1. The minimum Gasteiger partial charge on any atom is -0.463 e. The molecule has 1 saturated heterocycles. The number of aromatic nitrogens is 2. The van der Waals surface area contributed by atoms with Crippen LogP contribution in [0.5, 0.6) is 0 Å². The van der Waals surface area contributed by atoms with E-state index in [0.717, 1.165) is 31.9 Å². The highest BCUT2D eigenvalue weighted by Crippen LogP contribution is 2.14. The molecule has 6 heteroatoms. The van der Waals surface area contributed by atoms with Gasteiger partial charge in [0.15, 0.2) is 0 Å². The van der Waals surface area contributed by atoms with E-state index in [4.69, 9.17) is 4.74 Å². The van der Waals surface area contributed by atoms with E-state index in [0.29, 0.717) is 11.7 Å².